The smallest absolute Gasteiger partial charge is 0.323 e. The highest BCUT2D eigenvalue weighted by atomic mass is 19.1. The molecule has 0 radical (unpaired) electrons. The molecule has 3 aliphatic heterocycles. The average molecular weight is 482 g/mol. The molecule has 2 atom stereocenters. The summed E-state index contributed by atoms with van der Waals surface area (Å²) in [6, 6.07) is 11.0. The Morgan fingerprint density at radius 3 is 2.83 bits per heavy atom. The number of rotatable bonds is 6. The molecule has 1 fully saturated rings. The second-order valence-corrected chi connectivity index (χ2v) is 8.86. The van der Waals surface area contributed by atoms with Crippen LogP contribution in [0.25, 0.3) is 0 Å². The number of esters is 1. The number of ether oxygens (including phenoxy) is 3. The molecule has 9 heteroatoms. The molecule has 0 bridgehead atoms. The number of hydrogen-bond donors (Lipinski definition) is 0. The lowest BCUT2D eigenvalue weighted by Crippen LogP contribution is -2.49. The molecule has 8 nitrogen and oxygen atoms in total. The number of hydrogen-bond acceptors (Lipinski definition) is 7. The van der Waals surface area contributed by atoms with Crippen molar-refractivity contribution in [1.29, 1.82) is 0 Å². The van der Waals surface area contributed by atoms with Gasteiger partial charge in [-0.25, -0.2) is 9.40 Å². The summed E-state index contributed by atoms with van der Waals surface area (Å²) >= 11 is 0. The molecule has 2 aromatic carbocycles. The van der Waals surface area contributed by atoms with Crippen LogP contribution in [0.2, 0.25) is 0 Å². The molecule has 5 rings (SSSR count). The summed E-state index contributed by atoms with van der Waals surface area (Å²) in [7, 11) is 0. The van der Waals surface area contributed by atoms with Crippen LogP contribution in [0.1, 0.15) is 49.8 Å². The predicted octanol–water partition coefficient (Wildman–Crippen LogP) is 3.65. The van der Waals surface area contributed by atoms with Gasteiger partial charge in [-0.05, 0) is 56.1 Å². The van der Waals surface area contributed by atoms with E-state index in [0.29, 0.717) is 48.8 Å². The normalized spacial score (nSPS) is 21.7. The second kappa shape index (κ2) is 10.0. The Morgan fingerprint density at radius 1 is 1.14 bits per heavy atom. The van der Waals surface area contributed by atoms with Crippen LogP contribution in [0, 0.1) is 5.82 Å². The molecule has 0 saturated carbocycles. The molecule has 3 aliphatic rings. The van der Waals surface area contributed by atoms with Crippen LogP contribution >= 0.6 is 0 Å². The molecular formula is C26H28FN3O5. The minimum Gasteiger partial charge on any atom is -0.465 e. The van der Waals surface area contributed by atoms with E-state index in [9.17, 15) is 14.0 Å². The van der Waals surface area contributed by atoms with Crippen molar-refractivity contribution in [2.45, 2.75) is 44.7 Å². The quantitative estimate of drug-likeness (QED) is 0.586. The van der Waals surface area contributed by atoms with E-state index in [1.54, 1.807) is 19.1 Å². The maximum atomic E-state index is 13.9. The lowest BCUT2D eigenvalue weighted by atomic mass is 9.98. The summed E-state index contributed by atoms with van der Waals surface area (Å²) in [5.41, 5.74) is 2.10. The van der Waals surface area contributed by atoms with Crippen LogP contribution < -0.4 is 9.47 Å². The van der Waals surface area contributed by atoms with E-state index in [1.807, 2.05) is 23.1 Å². The van der Waals surface area contributed by atoms with Crippen LogP contribution in [0.4, 0.5) is 4.39 Å². The number of likely N-dealkylation sites (tertiary alicyclic amines) is 1. The van der Waals surface area contributed by atoms with Crippen molar-refractivity contribution in [2.75, 3.05) is 26.5 Å². The van der Waals surface area contributed by atoms with Crippen molar-refractivity contribution in [1.82, 2.24) is 9.91 Å². The molecule has 1 amide bonds. The molecule has 0 aromatic heterocycles. The highest BCUT2D eigenvalue weighted by Gasteiger charge is 2.37. The largest absolute Gasteiger partial charge is 0.465 e. The molecule has 184 valence electrons. The molecule has 2 aromatic rings. The molecule has 0 aliphatic carbocycles. The fourth-order valence-corrected chi connectivity index (χ4v) is 4.89. The Bertz CT molecular complexity index is 1150. The van der Waals surface area contributed by atoms with Gasteiger partial charge in [-0.15, -0.1) is 0 Å². The van der Waals surface area contributed by atoms with Gasteiger partial charge in [-0.3, -0.25) is 14.5 Å². The Hall–Kier alpha value is -3.46. The fourth-order valence-electron chi connectivity index (χ4n) is 4.89. The minimum atomic E-state index is -0.439. The predicted molar refractivity (Wildman–Crippen MR) is 126 cm³/mol. The van der Waals surface area contributed by atoms with Crippen molar-refractivity contribution in [2.24, 2.45) is 5.10 Å². The number of nitrogens with zero attached hydrogens (tertiary/aromatic N) is 3. The van der Waals surface area contributed by atoms with E-state index in [-0.39, 0.29) is 37.1 Å². The van der Waals surface area contributed by atoms with Crippen LogP contribution in [0.15, 0.2) is 47.6 Å². The first-order valence-electron chi connectivity index (χ1n) is 12.0. The summed E-state index contributed by atoms with van der Waals surface area (Å²) in [6.45, 7) is 2.92. The number of amides is 1. The monoisotopic (exact) mass is 481 g/mol. The van der Waals surface area contributed by atoms with E-state index in [0.717, 1.165) is 18.4 Å². The molecule has 1 saturated heterocycles. The first-order chi connectivity index (χ1) is 17.0. The topological polar surface area (TPSA) is 80.7 Å². The highest BCUT2D eigenvalue weighted by Crippen LogP contribution is 2.39. The first-order valence-corrected chi connectivity index (χ1v) is 12.0. The van der Waals surface area contributed by atoms with Crippen molar-refractivity contribution < 1.29 is 28.2 Å². The Kier molecular flexibility index (Phi) is 6.68. The molecule has 0 spiro atoms. The maximum absolute atomic E-state index is 13.9. The third-order valence-electron chi connectivity index (χ3n) is 6.62. The van der Waals surface area contributed by atoms with Gasteiger partial charge in [-0.1, -0.05) is 24.6 Å². The SMILES string of the molecule is CCOC(=O)C1CCCCN1CC(=O)N1N=C(c2cccc(F)c2)CC1c1ccc2c(c1)OCO2. The van der Waals surface area contributed by atoms with Gasteiger partial charge in [0.25, 0.3) is 5.91 Å². The lowest BCUT2D eigenvalue weighted by Gasteiger charge is -2.34. The van der Waals surface area contributed by atoms with Crippen LogP contribution in [-0.4, -0.2) is 60.0 Å². The zero-order chi connectivity index (χ0) is 24.4. The van der Waals surface area contributed by atoms with Gasteiger partial charge in [0, 0.05) is 12.0 Å². The number of benzene rings is 2. The lowest BCUT2D eigenvalue weighted by molar-refractivity contribution is -0.152. The van der Waals surface area contributed by atoms with Crippen molar-refractivity contribution in [3.8, 4) is 11.5 Å². The number of fused-ring (bicyclic) bond motifs is 1. The van der Waals surface area contributed by atoms with Gasteiger partial charge in [0.05, 0.1) is 24.9 Å². The van der Waals surface area contributed by atoms with Gasteiger partial charge in [0.15, 0.2) is 11.5 Å². The average Bonchev–Trinajstić information content (AvgIpc) is 3.51. The Labute approximate surface area is 203 Å². The van der Waals surface area contributed by atoms with Gasteiger partial charge < -0.3 is 14.2 Å². The second-order valence-electron chi connectivity index (χ2n) is 8.86. The number of halogens is 1. The van der Waals surface area contributed by atoms with Gasteiger partial charge >= 0.3 is 5.97 Å². The number of piperidine rings is 1. The summed E-state index contributed by atoms with van der Waals surface area (Å²) < 4.78 is 30.1. The van der Waals surface area contributed by atoms with E-state index in [2.05, 4.69) is 5.10 Å². The third kappa shape index (κ3) is 4.86. The highest BCUT2D eigenvalue weighted by molar-refractivity contribution is 6.03. The van der Waals surface area contributed by atoms with Gasteiger partial charge in [-0.2, -0.15) is 5.10 Å². The first kappa shape index (κ1) is 23.3. The molecule has 2 unspecified atom stereocenters. The Morgan fingerprint density at radius 2 is 2.00 bits per heavy atom. The van der Waals surface area contributed by atoms with Gasteiger partial charge in [0.2, 0.25) is 6.79 Å². The van der Waals surface area contributed by atoms with E-state index in [4.69, 9.17) is 14.2 Å². The van der Waals surface area contributed by atoms with Crippen molar-refractivity contribution in [3.63, 3.8) is 0 Å². The van der Waals surface area contributed by atoms with E-state index in [1.165, 1.54) is 17.1 Å². The summed E-state index contributed by atoms with van der Waals surface area (Å²) in [5, 5.41) is 6.11. The van der Waals surface area contributed by atoms with Crippen molar-refractivity contribution >= 4 is 17.6 Å². The standard InChI is InChI=1S/C26H28FN3O5/c1-2-33-26(32)21-8-3-4-11-29(21)15-25(31)30-22(18-9-10-23-24(13-18)35-16-34-23)14-20(28-30)17-6-5-7-19(27)12-17/h5-7,9-10,12-13,21-22H,2-4,8,11,14-16H2,1H3. The van der Waals surface area contributed by atoms with E-state index >= 15 is 0 Å². The van der Waals surface area contributed by atoms with Crippen LogP contribution in [0.3, 0.4) is 0 Å². The number of carbonyl (C=O) groups excluding carboxylic acids is 2. The third-order valence-corrected chi connectivity index (χ3v) is 6.62. The maximum Gasteiger partial charge on any atom is 0.323 e. The molecular weight excluding hydrogens is 453 g/mol. The Balaban J connectivity index is 1.42. The van der Waals surface area contributed by atoms with E-state index < -0.39 is 6.04 Å². The molecule has 35 heavy (non-hydrogen) atoms. The summed E-state index contributed by atoms with van der Waals surface area (Å²) in [6.07, 6.45) is 2.91. The number of hydrazone groups is 1. The fraction of sp³-hybridized carbons (Fsp3) is 0.423. The van der Waals surface area contributed by atoms with Crippen LogP contribution in [-0.2, 0) is 14.3 Å². The minimum absolute atomic E-state index is 0.0461. The van der Waals surface area contributed by atoms with Gasteiger partial charge in [0.1, 0.15) is 11.9 Å². The summed E-state index contributed by atoms with van der Waals surface area (Å²) in [4.78, 5) is 28.0. The van der Waals surface area contributed by atoms with Crippen molar-refractivity contribution in [3.05, 3.63) is 59.4 Å². The zero-order valence-electron chi connectivity index (χ0n) is 19.6. The molecule has 0 N–H and O–H groups in total. The molecule has 3 heterocycles. The number of carbonyl (C=O) groups is 2. The summed E-state index contributed by atoms with van der Waals surface area (Å²) in [5.74, 6) is 0.391. The zero-order valence-corrected chi connectivity index (χ0v) is 19.6. The van der Waals surface area contributed by atoms with Crippen LogP contribution in [0.5, 0.6) is 11.5 Å².